The fourth-order valence-corrected chi connectivity index (χ4v) is 3.30. The second-order valence-electron chi connectivity index (χ2n) is 6.44. The summed E-state index contributed by atoms with van der Waals surface area (Å²) >= 11 is 1.42. The van der Waals surface area contributed by atoms with Crippen LogP contribution in [0.2, 0.25) is 0 Å². The van der Waals surface area contributed by atoms with Gasteiger partial charge in [-0.25, -0.2) is 13.8 Å². The van der Waals surface area contributed by atoms with Crippen molar-refractivity contribution in [3.8, 4) is 10.6 Å². The highest BCUT2D eigenvalue weighted by Gasteiger charge is 2.19. The largest absolute Gasteiger partial charge is 0.452 e. The number of ether oxygens (including phenoxy) is 1. The van der Waals surface area contributed by atoms with Gasteiger partial charge in [0.15, 0.2) is 17.7 Å². The summed E-state index contributed by atoms with van der Waals surface area (Å²) in [6.07, 6.45) is -1.18. The second-order valence-corrected chi connectivity index (χ2v) is 7.30. The zero-order valence-electron chi connectivity index (χ0n) is 15.7. The number of halogens is 2. The molecule has 0 radical (unpaired) electrons. The Balaban J connectivity index is 1.55. The van der Waals surface area contributed by atoms with Crippen molar-refractivity contribution in [2.75, 3.05) is 5.32 Å². The van der Waals surface area contributed by atoms with Crippen molar-refractivity contribution in [1.29, 1.82) is 0 Å². The number of aromatic nitrogens is 1. The van der Waals surface area contributed by atoms with Gasteiger partial charge in [0.1, 0.15) is 5.01 Å². The van der Waals surface area contributed by atoms with Gasteiger partial charge in [-0.1, -0.05) is 29.8 Å². The average molecular weight is 416 g/mol. The predicted molar refractivity (Wildman–Crippen MR) is 107 cm³/mol. The Morgan fingerprint density at radius 3 is 2.55 bits per heavy atom. The Morgan fingerprint density at radius 1 is 1.14 bits per heavy atom. The van der Waals surface area contributed by atoms with Crippen LogP contribution >= 0.6 is 11.3 Å². The van der Waals surface area contributed by atoms with Crippen molar-refractivity contribution < 1.29 is 23.1 Å². The normalized spacial score (nSPS) is 11.7. The molecule has 0 fully saturated rings. The van der Waals surface area contributed by atoms with E-state index >= 15 is 0 Å². The van der Waals surface area contributed by atoms with E-state index in [9.17, 15) is 18.4 Å². The fraction of sp³-hybridized carbons (Fsp3) is 0.190. The number of anilines is 1. The molecular weight excluding hydrogens is 398 g/mol. The number of aryl methyl sites for hydroxylation is 1. The van der Waals surface area contributed by atoms with E-state index in [0.717, 1.165) is 28.3 Å². The van der Waals surface area contributed by atoms with Crippen LogP contribution in [-0.4, -0.2) is 23.0 Å². The maximum atomic E-state index is 13.2. The first-order valence-corrected chi connectivity index (χ1v) is 9.66. The summed E-state index contributed by atoms with van der Waals surface area (Å²) in [6.45, 7) is 3.39. The fourth-order valence-electron chi connectivity index (χ4n) is 2.47. The standard InChI is InChI=1S/C21H18F2N2O3S/c1-12-3-5-14(6-4-12)21-25-16(11-29-21)10-19(26)28-13(2)20(27)24-15-7-8-17(22)18(23)9-15/h3-9,11,13H,10H2,1-2H3,(H,24,27)/t13-/m0/s1. The third-order valence-electron chi connectivity index (χ3n) is 4.04. The van der Waals surface area contributed by atoms with Gasteiger partial charge in [0.25, 0.3) is 5.91 Å². The van der Waals surface area contributed by atoms with Gasteiger partial charge >= 0.3 is 5.97 Å². The average Bonchev–Trinajstić information content (AvgIpc) is 3.13. The molecule has 0 aliphatic rings. The van der Waals surface area contributed by atoms with E-state index in [1.807, 2.05) is 31.2 Å². The minimum absolute atomic E-state index is 0.0686. The van der Waals surface area contributed by atoms with Gasteiger partial charge in [-0.15, -0.1) is 11.3 Å². The number of nitrogens with one attached hydrogen (secondary N) is 1. The number of carbonyl (C=O) groups is 2. The van der Waals surface area contributed by atoms with E-state index in [1.165, 1.54) is 24.3 Å². The summed E-state index contributed by atoms with van der Waals surface area (Å²) in [5.41, 5.74) is 2.71. The number of benzene rings is 2. The SMILES string of the molecule is Cc1ccc(-c2nc(CC(=O)O[C@@H](C)C(=O)Nc3ccc(F)c(F)c3)cs2)cc1. The van der Waals surface area contributed by atoms with E-state index in [4.69, 9.17) is 4.74 Å². The van der Waals surface area contributed by atoms with Crippen LogP contribution in [0.3, 0.4) is 0 Å². The summed E-state index contributed by atoms with van der Waals surface area (Å²) in [5, 5.41) is 4.93. The second kappa shape index (κ2) is 8.91. The van der Waals surface area contributed by atoms with Gasteiger partial charge < -0.3 is 10.1 Å². The van der Waals surface area contributed by atoms with Crippen LogP contribution < -0.4 is 5.32 Å². The highest BCUT2D eigenvalue weighted by Crippen LogP contribution is 2.24. The summed E-state index contributed by atoms with van der Waals surface area (Å²) in [6, 6.07) is 10.9. The monoisotopic (exact) mass is 416 g/mol. The van der Waals surface area contributed by atoms with Gasteiger partial charge in [-0.2, -0.15) is 0 Å². The van der Waals surface area contributed by atoms with Gasteiger partial charge in [0.05, 0.1) is 12.1 Å². The first-order valence-electron chi connectivity index (χ1n) is 8.78. The number of esters is 1. The molecule has 1 aromatic heterocycles. The number of nitrogens with zero attached hydrogens (tertiary/aromatic N) is 1. The number of thiazole rings is 1. The number of carbonyl (C=O) groups excluding carboxylic acids is 2. The molecule has 1 amide bonds. The van der Waals surface area contributed by atoms with E-state index in [0.29, 0.717) is 5.69 Å². The van der Waals surface area contributed by atoms with Crippen LogP contribution in [0.15, 0.2) is 47.8 Å². The smallest absolute Gasteiger partial charge is 0.312 e. The Bertz CT molecular complexity index is 1030. The lowest BCUT2D eigenvalue weighted by atomic mass is 10.2. The first kappa shape index (κ1) is 20.6. The summed E-state index contributed by atoms with van der Waals surface area (Å²) in [4.78, 5) is 28.6. The topological polar surface area (TPSA) is 68.3 Å². The summed E-state index contributed by atoms with van der Waals surface area (Å²) in [5.74, 6) is -3.36. The summed E-state index contributed by atoms with van der Waals surface area (Å²) < 4.78 is 31.3. The van der Waals surface area contributed by atoms with Crippen LogP contribution in [0, 0.1) is 18.6 Å². The maximum Gasteiger partial charge on any atom is 0.312 e. The maximum absolute atomic E-state index is 13.2. The van der Waals surface area contributed by atoms with Gasteiger partial charge in [-0.05, 0) is 26.0 Å². The molecule has 0 aliphatic heterocycles. The predicted octanol–water partition coefficient (Wildman–Crippen LogP) is 4.51. The number of hydrogen-bond acceptors (Lipinski definition) is 5. The molecule has 5 nitrogen and oxygen atoms in total. The molecule has 0 aliphatic carbocycles. The molecule has 3 rings (SSSR count). The molecule has 2 aromatic carbocycles. The van der Waals surface area contributed by atoms with Crippen molar-refractivity contribution in [2.24, 2.45) is 0 Å². The molecule has 0 bridgehead atoms. The van der Waals surface area contributed by atoms with Crippen LogP contribution in [-0.2, 0) is 20.7 Å². The van der Waals surface area contributed by atoms with E-state index in [1.54, 1.807) is 5.38 Å². The molecule has 0 saturated carbocycles. The minimum Gasteiger partial charge on any atom is -0.452 e. The molecule has 1 N–H and O–H groups in total. The van der Waals surface area contributed by atoms with Crippen LogP contribution in [0.1, 0.15) is 18.2 Å². The van der Waals surface area contributed by atoms with Crippen LogP contribution in [0.5, 0.6) is 0 Å². The quantitative estimate of drug-likeness (QED) is 0.601. The lowest BCUT2D eigenvalue weighted by molar-refractivity contribution is -0.152. The zero-order chi connectivity index (χ0) is 21.0. The molecule has 150 valence electrons. The number of amides is 1. The molecule has 29 heavy (non-hydrogen) atoms. The molecule has 1 heterocycles. The third-order valence-corrected chi connectivity index (χ3v) is 4.98. The summed E-state index contributed by atoms with van der Waals surface area (Å²) in [7, 11) is 0. The van der Waals surface area contributed by atoms with E-state index in [2.05, 4.69) is 10.3 Å². The van der Waals surface area contributed by atoms with Gasteiger partial charge in [0.2, 0.25) is 0 Å². The molecule has 8 heteroatoms. The van der Waals surface area contributed by atoms with Crippen molar-refractivity contribution in [2.45, 2.75) is 26.4 Å². The molecule has 0 saturated heterocycles. The van der Waals surface area contributed by atoms with Crippen LogP contribution in [0.25, 0.3) is 10.6 Å². The minimum atomic E-state index is -1.11. The van der Waals surface area contributed by atoms with Gasteiger partial charge in [-0.3, -0.25) is 9.59 Å². The van der Waals surface area contributed by atoms with Crippen molar-refractivity contribution in [1.82, 2.24) is 4.98 Å². The molecule has 0 unspecified atom stereocenters. The van der Waals surface area contributed by atoms with E-state index in [-0.39, 0.29) is 12.1 Å². The molecular formula is C21H18F2N2O3S. The third kappa shape index (κ3) is 5.45. The van der Waals surface area contributed by atoms with Crippen LogP contribution in [0.4, 0.5) is 14.5 Å². The Morgan fingerprint density at radius 2 is 1.86 bits per heavy atom. The van der Waals surface area contributed by atoms with Crippen molar-refractivity contribution in [3.63, 3.8) is 0 Å². The van der Waals surface area contributed by atoms with E-state index < -0.39 is 29.6 Å². The first-order chi connectivity index (χ1) is 13.8. The van der Waals surface area contributed by atoms with Crippen molar-refractivity contribution >= 4 is 28.9 Å². The molecule has 0 spiro atoms. The lowest BCUT2D eigenvalue weighted by Crippen LogP contribution is -2.30. The Kier molecular flexibility index (Phi) is 6.33. The van der Waals surface area contributed by atoms with Gasteiger partial charge in [0, 0.05) is 22.7 Å². The Labute approximate surface area is 170 Å². The zero-order valence-corrected chi connectivity index (χ0v) is 16.6. The highest BCUT2D eigenvalue weighted by molar-refractivity contribution is 7.13. The number of rotatable bonds is 6. The number of hydrogen-bond donors (Lipinski definition) is 1. The molecule has 1 atom stereocenters. The molecule has 3 aromatic rings. The highest BCUT2D eigenvalue weighted by atomic mass is 32.1. The van der Waals surface area contributed by atoms with Crippen molar-refractivity contribution in [3.05, 3.63) is 70.7 Å². The Hall–Kier alpha value is -3.13. The lowest BCUT2D eigenvalue weighted by Gasteiger charge is -2.13.